The lowest BCUT2D eigenvalue weighted by molar-refractivity contribution is -0.132. The number of rotatable bonds is 9. The highest BCUT2D eigenvalue weighted by molar-refractivity contribution is 6.04. The normalized spacial score (nSPS) is 14.1. The summed E-state index contributed by atoms with van der Waals surface area (Å²) in [5.74, 6) is 0.424. The second kappa shape index (κ2) is 12.3. The number of imidazole rings is 1. The summed E-state index contributed by atoms with van der Waals surface area (Å²) in [6, 6.07) is 17.8. The highest BCUT2D eigenvalue weighted by Gasteiger charge is 2.23. The Bertz CT molecular complexity index is 1450. The molecule has 0 saturated carbocycles. The number of para-hydroxylation sites is 1. The van der Waals surface area contributed by atoms with Gasteiger partial charge in [0.25, 0.3) is 5.91 Å². The van der Waals surface area contributed by atoms with E-state index in [0.717, 1.165) is 48.4 Å². The molecule has 0 aliphatic carbocycles. The SMILES string of the molecule is CN(C)C1CCN(C(=O)CCCc2cn(-c3ccccc3)c(NC(=O)c3cccc(-c4cnn(C)c4)c3)n2)CC1. The van der Waals surface area contributed by atoms with Gasteiger partial charge in [0, 0.05) is 61.8 Å². The van der Waals surface area contributed by atoms with E-state index in [0.29, 0.717) is 36.8 Å². The first-order chi connectivity index (χ1) is 19.4. The third-order valence-electron chi connectivity index (χ3n) is 7.55. The van der Waals surface area contributed by atoms with Crippen LogP contribution in [0.25, 0.3) is 16.8 Å². The summed E-state index contributed by atoms with van der Waals surface area (Å²) in [7, 11) is 6.07. The predicted octanol–water partition coefficient (Wildman–Crippen LogP) is 4.40. The zero-order valence-corrected chi connectivity index (χ0v) is 23.5. The molecule has 2 amide bonds. The topological polar surface area (TPSA) is 88.3 Å². The molecular formula is C31H37N7O2. The fourth-order valence-electron chi connectivity index (χ4n) is 5.22. The van der Waals surface area contributed by atoms with Gasteiger partial charge in [-0.1, -0.05) is 30.3 Å². The van der Waals surface area contributed by atoms with Crippen molar-refractivity contribution in [1.29, 1.82) is 0 Å². The number of piperidine rings is 1. The summed E-state index contributed by atoms with van der Waals surface area (Å²) in [5.41, 5.74) is 4.14. The van der Waals surface area contributed by atoms with Crippen molar-refractivity contribution in [3.05, 3.63) is 84.4 Å². The van der Waals surface area contributed by atoms with E-state index in [1.54, 1.807) is 16.9 Å². The monoisotopic (exact) mass is 539 g/mol. The van der Waals surface area contributed by atoms with Crippen molar-refractivity contribution in [3.8, 4) is 16.8 Å². The van der Waals surface area contributed by atoms with Gasteiger partial charge < -0.3 is 9.80 Å². The maximum Gasteiger partial charge on any atom is 0.258 e. The van der Waals surface area contributed by atoms with Crippen molar-refractivity contribution in [1.82, 2.24) is 29.1 Å². The van der Waals surface area contributed by atoms with Crippen LogP contribution >= 0.6 is 0 Å². The van der Waals surface area contributed by atoms with E-state index in [9.17, 15) is 9.59 Å². The lowest BCUT2D eigenvalue weighted by Crippen LogP contribution is -2.44. The van der Waals surface area contributed by atoms with Gasteiger partial charge in [-0.15, -0.1) is 0 Å². The van der Waals surface area contributed by atoms with Gasteiger partial charge in [0.2, 0.25) is 11.9 Å². The standard InChI is InChI=1S/C31H37N7O2/c1-35(2)27-15-17-37(18-16-27)29(39)14-8-11-26-22-38(28-12-5-4-6-13-28)31(33-26)34-30(40)24-10-7-9-23(19-24)25-20-32-36(3)21-25/h4-7,9-10,12-13,19-22,27H,8,11,14-18H2,1-3H3,(H,33,34,40). The molecule has 5 rings (SSSR count). The summed E-state index contributed by atoms with van der Waals surface area (Å²) in [5, 5.41) is 7.24. The van der Waals surface area contributed by atoms with E-state index in [1.807, 2.05) is 77.4 Å². The van der Waals surface area contributed by atoms with Crippen LogP contribution in [0.2, 0.25) is 0 Å². The first-order valence-corrected chi connectivity index (χ1v) is 13.9. The maximum atomic E-state index is 13.3. The number of hydrogen-bond acceptors (Lipinski definition) is 5. The van der Waals surface area contributed by atoms with Crippen LogP contribution in [0.5, 0.6) is 0 Å². The first-order valence-electron chi connectivity index (χ1n) is 13.9. The molecule has 9 nitrogen and oxygen atoms in total. The third-order valence-corrected chi connectivity index (χ3v) is 7.55. The van der Waals surface area contributed by atoms with Crippen molar-refractivity contribution >= 4 is 17.8 Å². The fourth-order valence-corrected chi connectivity index (χ4v) is 5.22. The predicted molar refractivity (Wildman–Crippen MR) is 156 cm³/mol. The molecule has 3 heterocycles. The zero-order chi connectivity index (χ0) is 28.1. The molecule has 0 atom stereocenters. The number of benzene rings is 2. The van der Waals surface area contributed by atoms with Gasteiger partial charge in [0.1, 0.15) is 0 Å². The number of likely N-dealkylation sites (tertiary alicyclic amines) is 1. The molecule has 1 N–H and O–H groups in total. The minimum Gasteiger partial charge on any atom is -0.343 e. The molecular weight excluding hydrogens is 502 g/mol. The molecule has 4 aromatic rings. The Kier molecular flexibility index (Phi) is 8.40. The lowest BCUT2D eigenvalue weighted by atomic mass is 10.0. The Morgan fingerprint density at radius 1 is 1.00 bits per heavy atom. The van der Waals surface area contributed by atoms with E-state index in [1.165, 1.54) is 0 Å². The van der Waals surface area contributed by atoms with Crippen molar-refractivity contribution in [3.63, 3.8) is 0 Å². The summed E-state index contributed by atoms with van der Waals surface area (Å²) in [6.07, 6.45) is 9.54. The van der Waals surface area contributed by atoms with Gasteiger partial charge in [0.15, 0.2) is 0 Å². The number of nitrogens with zero attached hydrogens (tertiary/aromatic N) is 6. The van der Waals surface area contributed by atoms with Gasteiger partial charge in [-0.25, -0.2) is 4.98 Å². The van der Waals surface area contributed by atoms with Gasteiger partial charge in [-0.05, 0) is 69.6 Å². The molecule has 9 heteroatoms. The average molecular weight is 540 g/mol. The molecule has 1 aliphatic heterocycles. The van der Waals surface area contributed by atoms with Crippen molar-refractivity contribution in [2.45, 2.75) is 38.1 Å². The minimum absolute atomic E-state index is 0.210. The molecule has 2 aromatic heterocycles. The van der Waals surface area contributed by atoms with Crippen molar-refractivity contribution in [2.75, 3.05) is 32.5 Å². The Hall–Kier alpha value is -4.24. The van der Waals surface area contributed by atoms with Gasteiger partial charge in [0.05, 0.1) is 11.9 Å². The van der Waals surface area contributed by atoms with Crippen LogP contribution in [0.3, 0.4) is 0 Å². The molecule has 0 spiro atoms. The molecule has 2 aromatic carbocycles. The van der Waals surface area contributed by atoms with E-state index in [4.69, 9.17) is 4.98 Å². The smallest absolute Gasteiger partial charge is 0.258 e. The highest BCUT2D eigenvalue weighted by Crippen LogP contribution is 2.22. The maximum absolute atomic E-state index is 13.3. The Morgan fingerprint density at radius 3 is 2.48 bits per heavy atom. The number of aryl methyl sites for hydroxylation is 2. The van der Waals surface area contributed by atoms with Gasteiger partial charge >= 0.3 is 0 Å². The van der Waals surface area contributed by atoms with E-state index in [-0.39, 0.29) is 11.8 Å². The summed E-state index contributed by atoms with van der Waals surface area (Å²) in [6.45, 7) is 1.64. The van der Waals surface area contributed by atoms with E-state index < -0.39 is 0 Å². The number of nitrogens with one attached hydrogen (secondary N) is 1. The number of hydrogen-bond donors (Lipinski definition) is 1. The fraction of sp³-hybridized carbons (Fsp3) is 0.355. The average Bonchev–Trinajstić information content (AvgIpc) is 3.59. The molecule has 0 unspecified atom stereocenters. The van der Waals surface area contributed by atoms with Crippen LogP contribution in [0.15, 0.2) is 73.2 Å². The summed E-state index contributed by atoms with van der Waals surface area (Å²) >= 11 is 0. The van der Waals surface area contributed by atoms with Gasteiger partial charge in [-0.2, -0.15) is 5.10 Å². The third kappa shape index (κ3) is 6.48. The van der Waals surface area contributed by atoms with Crippen molar-refractivity contribution < 1.29 is 9.59 Å². The van der Waals surface area contributed by atoms with Crippen LogP contribution in [0.4, 0.5) is 5.95 Å². The molecule has 1 fully saturated rings. The molecule has 208 valence electrons. The number of aromatic nitrogens is 4. The van der Waals surface area contributed by atoms with Crippen molar-refractivity contribution in [2.24, 2.45) is 7.05 Å². The Morgan fingerprint density at radius 2 is 1.77 bits per heavy atom. The van der Waals surface area contributed by atoms with E-state index >= 15 is 0 Å². The summed E-state index contributed by atoms with van der Waals surface area (Å²) in [4.78, 5) is 35.1. The number of carbonyl (C=O) groups is 2. The second-order valence-corrected chi connectivity index (χ2v) is 10.6. The van der Waals surface area contributed by atoms with Crippen LogP contribution < -0.4 is 5.32 Å². The molecule has 1 saturated heterocycles. The number of anilines is 1. The quantitative estimate of drug-likeness (QED) is 0.341. The zero-order valence-electron chi connectivity index (χ0n) is 23.5. The Balaban J connectivity index is 1.26. The van der Waals surface area contributed by atoms with Gasteiger partial charge in [-0.3, -0.25) is 24.2 Å². The van der Waals surface area contributed by atoms with Crippen LogP contribution in [0, 0.1) is 0 Å². The van der Waals surface area contributed by atoms with Crippen LogP contribution in [0.1, 0.15) is 41.7 Å². The highest BCUT2D eigenvalue weighted by atomic mass is 16.2. The number of carbonyl (C=O) groups excluding carboxylic acids is 2. The molecule has 0 bridgehead atoms. The second-order valence-electron chi connectivity index (χ2n) is 10.6. The molecule has 0 radical (unpaired) electrons. The summed E-state index contributed by atoms with van der Waals surface area (Å²) < 4.78 is 3.63. The van der Waals surface area contributed by atoms with Crippen LogP contribution in [-0.2, 0) is 18.3 Å². The molecule has 1 aliphatic rings. The lowest BCUT2D eigenvalue weighted by Gasteiger charge is -2.35. The number of amides is 2. The first kappa shape index (κ1) is 27.3. The largest absolute Gasteiger partial charge is 0.343 e. The molecule has 40 heavy (non-hydrogen) atoms. The van der Waals surface area contributed by atoms with Crippen LogP contribution in [-0.4, -0.2) is 74.2 Å². The van der Waals surface area contributed by atoms with E-state index in [2.05, 4.69) is 29.4 Å². The minimum atomic E-state index is -0.239. The Labute approximate surface area is 235 Å².